The van der Waals surface area contributed by atoms with Crippen molar-refractivity contribution < 1.29 is 19.4 Å². The van der Waals surface area contributed by atoms with E-state index in [2.05, 4.69) is 29.6 Å². The van der Waals surface area contributed by atoms with Gasteiger partial charge in [0, 0.05) is 11.6 Å². The molecule has 0 bridgehead atoms. The van der Waals surface area contributed by atoms with E-state index in [1.165, 1.54) is 11.1 Å². The van der Waals surface area contributed by atoms with Crippen LogP contribution in [0.5, 0.6) is 0 Å². The average Bonchev–Trinajstić information content (AvgIpc) is 3.00. The van der Waals surface area contributed by atoms with Gasteiger partial charge in [0.05, 0.1) is 6.42 Å². The van der Waals surface area contributed by atoms with E-state index < -0.39 is 12.1 Å². The van der Waals surface area contributed by atoms with Crippen molar-refractivity contribution in [3.05, 3.63) is 89.5 Å². The van der Waals surface area contributed by atoms with Gasteiger partial charge in [0.2, 0.25) is 0 Å². The fourth-order valence-corrected chi connectivity index (χ4v) is 3.69. The van der Waals surface area contributed by atoms with Crippen molar-refractivity contribution in [2.75, 3.05) is 11.9 Å². The predicted molar refractivity (Wildman–Crippen MR) is 106 cm³/mol. The van der Waals surface area contributed by atoms with Crippen LogP contribution < -0.4 is 5.32 Å². The van der Waals surface area contributed by atoms with Crippen molar-refractivity contribution in [2.45, 2.75) is 12.3 Å². The standard InChI is InChI=1S/C23H19NO4/c25-22(26)13-15-6-5-7-16(12-15)24-23(27)28-14-21-19-10-3-1-8-17(19)18-9-2-4-11-20(18)21/h1-12,21H,13-14H2,(H,24,27)(H,25,26). The van der Waals surface area contributed by atoms with Crippen LogP contribution in [0.15, 0.2) is 72.8 Å². The Labute approximate surface area is 162 Å². The van der Waals surface area contributed by atoms with Crippen molar-refractivity contribution in [1.82, 2.24) is 0 Å². The highest BCUT2D eigenvalue weighted by molar-refractivity contribution is 5.85. The zero-order valence-electron chi connectivity index (χ0n) is 15.1. The number of rotatable bonds is 5. The number of anilines is 1. The molecule has 0 radical (unpaired) electrons. The Hall–Kier alpha value is -3.60. The van der Waals surface area contributed by atoms with Gasteiger partial charge in [0.1, 0.15) is 6.61 Å². The zero-order valence-corrected chi connectivity index (χ0v) is 15.1. The number of carboxylic acid groups (broad SMARTS) is 1. The second-order valence-corrected chi connectivity index (χ2v) is 6.72. The molecule has 4 rings (SSSR count). The lowest BCUT2D eigenvalue weighted by molar-refractivity contribution is -0.136. The number of amides is 1. The number of aliphatic carboxylic acids is 1. The van der Waals surface area contributed by atoms with E-state index in [9.17, 15) is 9.59 Å². The largest absolute Gasteiger partial charge is 0.481 e. The molecule has 0 saturated carbocycles. The third-order valence-corrected chi connectivity index (χ3v) is 4.87. The van der Waals surface area contributed by atoms with Crippen LogP contribution in [-0.4, -0.2) is 23.8 Å². The summed E-state index contributed by atoms with van der Waals surface area (Å²) in [6.07, 6.45) is -0.658. The molecule has 0 atom stereocenters. The van der Waals surface area contributed by atoms with Gasteiger partial charge >= 0.3 is 12.1 Å². The number of carbonyl (C=O) groups excluding carboxylic acids is 1. The molecule has 0 unspecified atom stereocenters. The lowest BCUT2D eigenvalue weighted by Gasteiger charge is -2.14. The van der Waals surface area contributed by atoms with Crippen LogP contribution in [-0.2, 0) is 16.0 Å². The molecular weight excluding hydrogens is 354 g/mol. The van der Waals surface area contributed by atoms with Crippen LogP contribution in [0.4, 0.5) is 10.5 Å². The van der Waals surface area contributed by atoms with E-state index in [1.54, 1.807) is 24.3 Å². The van der Waals surface area contributed by atoms with Gasteiger partial charge in [0.15, 0.2) is 0 Å². The first kappa shape index (κ1) is 17.8. The van der Waals surface area contributed by atoms with E-state index in [0.29, 0.717) is 11.3 Å². The van der Waals surface area contributed by atoms with Gasteiger partial charge in [-0.2, -0.15) is 0 Å². The monoisotopic (exact) mass is 373 g/mol. The van der Waals surface area contributed by atoms with E-state index >= 15 is 0 Å². The molecule has 3 aromatic rings. The summed E-state index contributed by atoms with van der Waals surface area (Å²) in [5.41, 5.74) is 5.78. The highest BCUT2D eigenvalue weighted by atomic mass is 16.5. The van der Waals surface area contributed by atoms with Gasteiger partial charge in [-0.3, -0.25) is 10.1 Å². The summed E-state index contributed by atoms with van der Waals surface area (Å²) in [7, 11) is 0. The van der Waals surface area contributed by atoms with Crippen LogP contribution in [0, 0.1) is 0 Å². The minimum atomic E-state index is -0.918. The van der Waals surface area contributed by atoms with E-state index in [-0.39, 0.29) is 18.9 Å². The molecular formula is C23H19NO4. The second-order valence-electron chi connectivity index (χ2n) is 6.72. The summed E-state index contributed by atoms with van der Waals surface area (Å²) in [6, 6.07) is 23.1. The van der Waals surface area contributed by atoms with E-state index in [4.69, 9.17) is 9.84 Å². The maximum atomic E-state index is 12.3. The number of hydrogen-bond acceptors (Lipinski definition) is 3. The maximum absolute atomic E-state index is 12.3. The smallest absolute Gasteiger partial charge is 0.411 e. The van der Waals surface area contributed by atoms with Crippen molar-refractivity contribution in [3.63, 3.8) is 0 Å². The SMILES string of the molecule is O=C(O)Cc1cccc(NC(=O)OCC2c3ccccc3-c3ccccc32)c1. The fourth-order valence-electron chi connectivity index (χ4n) is 3.69. The van der Waals surface area contributed by atoms with Gasteiger partial charge in [0.25, 0.3) is 0 Å². The van der Waals surface area contributed by atoms with Gasteiger partial charge in [-0.1, -0.05) is 60.7 Å². The number of nitrogens with one attached hydrogen (secondary N) is 1. The molecule has 5 heteroatoms. The predicted octanol–water partition coefficient (Wildman–Crippen LogP) is 4.67. The van der Waals surface area contributed by atoms with E-state index in [0.717, 1.165) is 11.1 Å². The Kier molecular flexibility index (Phi) is 4.81. The van der Waals surface area contributed by atoms with Crippen LogP contribution in [0.3, 0.4) is 0 Å². The Morgan fingerprint density at radius 1 is 0.893 bits per heavy atom. The molecule has 3 aromatic carbocycles. The molecule has 0 saturated heterocycles. The van der Waals surface area contributed by atoms with Crippen molar-refractivity contribution >= 4 is 17.7 Å². The van der Waals surface area contributed by atoms with Gasteiger partial charge in [-0.05, 0) is 39.9 Å². The number of carboxylic acids is 1. The normalized spacial score (nSPS) is 12.1. The molecule has 1 aliphatic rings. The van der Waals surface area contributed by atoms with Crippen molar-refractivity contribution in [2.24, 2.45) is 0 Å². The number of benzene rings is 3. The lowest BCUT2D eigenvalue weighted by atomic mass is 9.98. The minimum absolute atomic E-state index is 0.00325. The summed E-state index contributed by atoms with van der Waals surface area (Å²) >= 11 is 0. The summed E-state index contributed by atoms with van der Waals surface area (Å²) in [6.45, 7) is 0.231. The Balaban J connectivity index is 1.45. The molecule has 140 valence electrons. The topological polar surface area (TPSA) is 75.6 Å². The van der Waals surface area contributed by atoms with Gasteiger partial charge < -0.3 is 9.84 Å². The quantitative estimate of drug-likeness (QED) is 0.681. The molecule has 28 heavy (non-hydrogen) atoms. The molecule has 0 heterocycles. The van der Waals surface area contributed by atoms with Crippen LogP contribution in [0.2, 0.25) is 0 Å². The average molecular weight is 373 g/mol. The molecule has 2 N–H and O–H groups in total. The van der Waals surface area contributed by atoms with Crippen molar-refractivity contribution in [1.29, 1.82) is 0 Å². The maximum Gasteiger partial charge on any atom is 0.411 e. The van der Waals surface area contributed by atoms with Crippen LogP contribution >= 0.6 is 0 Å². The zero-order chi connectivity index (χ0) is 19.5. The number of hydrogen-bond donors (Lipinski definition) is 2. The Bertz CT molecular complexity index is 999. The van der Waals surface area contributed by atoms with Gasteiger partial charge in [-0.15, -0.1) is 0 Å². The first-order valence-electron chi connectivity index (χ1n) is 9.04. The van der Waals surface area contributed by atoms with Crippen LogP contribution in [0.1, 0.15) is 22.6 Å². The highest BCUT2D eigenvalue weighted by Gasteiger charge is 2.28. The lowest BCUT2D eigenvalue weighted by Crippen LogP contribution is -2.18. The van der Waals surface area contributed by atoms with Gasteiger partial charge in [-0.25, -0.2) is 4.79 Å². The van der Waals surface area contributed by atoms with Crippen molar-refractivity contribution in [3.8, 4) is 11.1 Å². The Morgan fingerprint density at radius 2 is 1.54 bits per heavy atom. The third kappa shape index (κ3) is 3.60. The highest BCUT2D eigenvalue weighted by Crippen LogP contribution is 2.44. The second kappa shape index (κ2) is 7.56. The Morgan fingerprint density at radius 3 is 2.18 bits per heavy atom. The molecule has 1 aliphatic carbocycles. The molecule has 5 nitrogen and oxygen atoms in total. The summed E-state index contributed by atoms with van der Waals surface area (Å²) in [4.78, 5) is 23.1. The fraction of sp³-hybridized carbons (Fsp3) is 0.130. The third-order valence-electron chi connectivity index (χ3n) is 4.87. The molecule has 0 spiro atoms. The molecule has 0 aromatic heterocycles. The molecule has 0 aliphatic heterocycles. The van der Waals surface area contributed by atoms with Crippen LogP contribution in [0.25, 0.3) is 11.1 Å². The number of fused-ring (bicyclic) bond motifs is 3. The minimum Gasteiger partial charge on any atom is -0.481 e. The number of ether oxygens (including phenoxy) is 1. The number of carbonyl (C=O) groups is 2. The first-order valence-corrected chi connectivity index (χ1v) is 9.04. The first-order chi connectivity index (χ1) is 13.6. The van der Waals surface area contributed by atoms with E-state index in [1.807, 2.05) is 24.3 Å². The molecule has 0 fully saturated rings. The summed E-state index contributed by atoms with van der Waals surface area (Å²) in [5, 5.41) is 11.6. The molecule has 1 amide bonds. The summed E-state index contributed by atoms with van der Waals surface area (Å²) < 4.78 is 5.50. The summed E-state index contributed by atoms with van der Waals surface area (Å²) in [5.74, 6) is -0.921.